The van der Waals surface area contributed by atoms with Crippen molar-refractivity contribution < 1.29 is 44.1 Å². The number of phenolic OH excluding ortho intramolecular Hbond substituents is 1. The predicted molar refractivity (Wildman–Crippen MR) is 127 cm³/mol. The van der Waals surface area contributed by atoms with Crippen LogP contribution in [0.5, 0.6) is 5.75 Å². The minimum absolute atomic E-state index is 0.0164. The number of aliphatic carboxylic acids is 2. The zero-order valence-electron chi connectivity index (χ0n) is 20.0. The average molecular weight is 522 g/mol. The van der Waals surface area contributed by atoms with Crippen molar-refractivity contribution in [1.82, 2.24) is 15.5 Å². The van der Waals surface area contributed by atoms with Crippen molar-refractivity contribution in [1.29, 1.82) is 0 Å². The first-order valence-electron chi connectivity index (χ1n) is 11.6. The van der Waals surface area contributed by atoms with E-state index in [0.29, 0.717) is 12.0 Å². The van der Waals surface area contributed by atoms with E-state index in [1.54, 1.807) is 0 Å². The van der Waals surface area contributed by atoms with E-state index in [-0.39, 0.29) is 38.0 Å². The molecule has 37 heavy (non-hydrogen) atoms. The van der Waals surface area contributed by atoms with Crippen LogP contribution in [-0.4, -0.2) is 86.5 Å². The number of phenols is 1. The fraction of sp³-hybridized carbons (Fsp3) is 0.478. The molecule has 1 aromatic rings. The Morgan fingerprint density at radius 3 is 2.24 bits per heavy atom. The number of carboxylic acid groups (broad SMARTS) is 2. The monoisotopic (exact) mass is 521 g/mol. The second-order valence-corrected chi connectivity index (χ2v) is 8.73. The van der Waals surface area contributed by atoms with E-state index >= 15 is 0 Å². The van der Waals surface area contributed by atoms with Crippen molar-refractivity contribution in [3.05, 3.63) is 29.8 Å². The molecule has 1 fully saturated rings. The number of amides is 4. The van der Waals surface area contributed by atoms with E-state index in [2.05, 4.69) is 10.6 Å². The molecule has 1 aliphatic rings. The molecule has 1 saturated heterocycles. The molecule has 4 amide bonds. The van der Waals surface area contributed by atoms with Gasteiger partial charge in [-0.3, -0.25) is 24.0 Å². The highest BCUT2D eigenvalue weighted by atomic mass is 16.4. The summed E-state index contributed by atoms with van der Waals surface area (Å²) in [6, 6.07) is 0.608. The Bertz CT molecular complexity index is 1030. The number of nitrogens with two attached hydrogens (primary N) is 2. The summed E-state index contributed by atoms with van der Waals surface area (Å²) in [5, 5.41) is 32.7. The molecule has 0 aliphatic carbocycles. The Balaban J connectivity index is 2.13. The van der Waals surface area contributed by atoms with Gasteiger partial charge in [-0.15, -0.1) is 0 Å². The van der Waals surface area contributed by atoms with Gasteiger partial charge in [0.2, 0.25) is 23.6 Å². The van der Waals surface area contributed by atoms with E-state index in [1.807, 2.05) is 0 Å². The van der Waals surface area contributed by atoms with Gasteiger partial charge < -0.3 is 42.3 Å². The molecule has 2 rings (SSSR count). The molecule has 0 saturated carbocycles. The van der Waals surface area contributed by atoms with Crippen molar-refractivity contribution in [2.45, 2.75) is 62.7 Å². The van der Waals surface area contributed by atoms with Crippen LogP contribution in [-0.2, 0) is 35.2 Å². The van der Waals surface area contributed by atoms with E-state index in [1.165, 1.54) is 24.3 Å². The van der Waals surface area contributed by atoms with Crippen molar-refractivity contribution >= 4 is 35.6 Å². The van der Waals surface area contributed by atoms with Crippen LogP contribution < -0.4 is 22.1 Å². The summed E-state index contributed by atoms with van der Waals surface area (Å²) in [7, 11) is 0. The van der Waals surface area contributed by atoms with E-state index in [4.69, 9.17) is 16.6 Å². The first-order chi connectivity index (χ1) is 17.4. The predicted octanol–water partition coefficient (Wildman–Crippen LogP) is -1.95. The molecule has 0 spiro atoms. The number of hydrogen-bond acceptors (Lipinski definition) is 8. The highest BCUT2D eigenvalue weighted by Gasteiger charge is 2.38. The first kappa shape index (κ1) is 29.0. The summed E-state index contributed by atoms with van der Waals surface area (Å²) in [4.78, 5) is 73.7. The number of nitrogens with zero attached hydrogens (tertiary/aromatic N) is 1. The van der Waals surface area contributed by atoms with Gasteiger partial charge in [-0.1, -0.05) is 12.1 Å². The van der Waals surface area contributed by atoms with Crippen LogP contribution in [0.25, 0.3) is 0 Å². The lowest BCUT2D eigenvalue weighted by Crippen LogP contribution is -2.57. The Morgan fingerprint density at radius 2 is 1.68 bits per heavy atom. The van der Waals surface area contributed by atoms with Crippen molar-refractivity contribution in [2.75, 3.05) is 6.54 Å². The third kappa shape index (κ3) is 8.75. The molecule has 0 aromatic heterocycles. The number of likely N-dealkylation sites (tertiary alicyclic amines) is 1. The lowest BCUT2D eigenvalue weighted by molar-refractivity contribution is -0.144. The van der Waals surface area contributed by atoms with E-state index in [9.17, 15) is 39.0 Å². The number of primary amides is 1. The Labute approximate surface area is 212 Å². The number of benzene rings is 1. The zero-order chi connectivity index (χ0) is 27.7. The molecule has 1 aliphatic heterocycles. The normalized spacial score (nSPS) is 17.3. The van der Waals surface area contributed by atoms with Crippen molar-refractivity contribution in [2.24, 2.45) is 11.5 Å². The number of rotatable bonds is 13. The molecule has 4 unspecified atom stereocenters. The lowest BCUT2D eigenvalue weighted by Gasteiger charge is -2.28. The Kier molecular flexibility index (Phi) is 10.4. The SMILES string of the molecule is NC(=O)CCC(NC(=O)C1CCCN1C(=O)C(N)CC(=O)O)C(=O)NC(Cc1ccc(O)cc1)C(=O)O. The van der Waals surface area contributed by atoms with Gasteiger partial charge in [0.25, 0.3) is 0 Å². The molecular weight excluding hydrogens is 490 g/mol. The molecule has 1 heterocycles. The van der Waals surface area contributed by atoms with Crippen LogP contribution in [0.2, 0.25) is 0 Å². The van der Waals surface area contributed by atoms with Gasteiger partial charge in [-0.2, -0.15) is 0 Å². The van der Waals surface area contributed by atoms with Crippen LogP contribution in [0.3, 0.4) is 0 Å². The van der Waals surface area contributed by atoms with Crippen molar-refractivity contribution in [3.63, 3.8) is 0 Å². The van der Waals surface area contributed by atoms with Crippen LogP contribution in [0.1, 0.15) is 37.7 Å². The van der Waals surface area contributed by atoms with Crippen molar-refractivity contribution in [3.8, 4) is 5.75 Å². The summed E-state index contributed by atoms with van der Waals surface area (Å²) in [5.41, 5.74) is 11.4. The maximum absolute atomic E-state index is 13.0. The van der Waals surface area contributed by atoms with Gasteiger partial charge >= 0.3 is 11.9 Å². The standard InChI is InChI=1S/C23H31N5O9/c24-14(11-19(31)32)22(35)28-9-1-2-17(28)21(34)26-15(7-8-18(25)30)20(33)27-16(23(36)37)10-12-3-5-13(29)6-4-12/h3-6,14-17,29H,1-2,7-11,24H2,(H2,25,30)(H,26,34)(H,27,33)(H,31,32)(H,36,37). The molecule has 9 N–H and O–H groups in total. The lowest BCUT2D eigenvalue weighted by atomic mass is 10.0. The fourth-order valence-electron chi connectivity index (χ4n) is 3.95. The Morgan fingerprint density at radius 1 is 1.03 bits per heavy atom. The van der Waals surface area contributed by atoms with Gasteiger partial charge in [0, 0.05) is 19.4 Å². The number of hydrogen-bond donors (Lipinski definition) is 7. The molecule has 0 bridgehead atoms. The molecule has 1 aromatic carbocycles. The van der Waals surface area contributed by atoms with Gasteiger partial charge in [-0.05, 0) is 37.0 Å². The second kappa shape index (κ2) is 13.2. The number of aromatic hydroxyl groups is 1. The second-order valence-electron chi connectivity index (χ2n) is 8.73. The summed E-state index contributed by atoms with van der Waals surface area (Å²) < 4.78 is 0. The zero-order valence-corrected chi connectivity index (χ0v) is 20.0. The number of carboxylic acids is 2. The molecule has 14 nitrogen and oxygen atoms in total. The number of carbonyl (C=O) groups is 6. The topological polar surface area (TPSA) is 242 Å². The highest BCUT2D eigenvalue weighted by molar-refractivity contribution is 5.95. The molecule has 4 atom stereocenters. The smallest absolute Gasteiger partial charge is 0.326 e. The molecule has 0 radical (unpaired) electrons. The third-order valence-corrected chi connectivity index (χ3v) is 5.85. The van der Waals surface area contributed by atoms with Crippen LogP contribution in [0.15, 0.2) is 24.3 Å². The molecule has 14 heteroatoms. The summed E-state index contributed by atoms with van der Waals surface area (Å²) in [6.45, 7) is 0.163. The van der Waals surface area contributed by atoms with Crippen LogP contribution in [0, 0.1) is 0 Å². The maximum Gasteiger partial charge on any atom is 0.326 e. The summed E-state index contributed by atoms with van der Waals surface area (Å²) in [6.07, 6.45) is -0.576. The van der Waals surface area contributed by atoms with Gasteiger partial charge in [0.05, 0.1) is 12.5 Å². The fourth-order valence-corrected chi connectivity index (χ4v) is 3.95. The minimum Gasteiger partial charge on any atom is -0.508 e. The largest absolute Gasteiger partial charge is 0.508 e. The third-order valence-electron chi connectivity index (χ3n) is 5.85. The van der Waals surface area contributed by atoms with Crippen LogP contribution >= 0.6 is 0 Å². The van der Waals surface area contributed by atoms with Crippen LogP contribution in [0.4, 0.5) is 0 Å². The van der Waals surface area contributed by atoms with Gasteiger partial charge in [-0.25, -0.2) is 4.79 Å². The Hall–Kier alpha value is -4.20. The van der Waals surface area contributed by atoms with E-state index < -0.39 is 66.2 Å². The van der Waals surface area contributed by atoms with Gasteiger partial charge in [0.1, 0.15) is 23.9 Å². The molecule has 202 valence electrons. The maximum atomic E-state index is 13.0. The van der Waals surface area contributed by atoms with E-state index in [0.717, 1.165) is 4.90 Å². The van der Waals surface area contributed by atoms with Gasteiger partial charge in [0.15, 0.2) is 0 Å². The number of carbonyl (C=O) groups excluding carboxylic acids is 4. The average Bonchev–Trinajstić information content (AvgIpc) is 3.31. The summed E-state index contributed by atoms with van der Waals surface area (Å²) >= 11 is 0. The highest BCUT2D eigenvalue weighted by Crippen LogP contribution is 2.19. The number of nitrogens with one attached hydrogen (secondary N) is 2. The minimum atomic E-state index is -1.39. The first-order valence-corrected chi connectivity index (χ1v) is 11.6. The molecular formula is C23H31N5O9. The summed E-state index contributed by atoms with van der Waals surface area (Å²) in [5.74, 6) is -5.72. The quantitative estimate of drug-likeness (QED) is 0.151.